The smallest absolute Gasteiger partial charge is 0.303 e. The molecule has 2 aromatic rings. The molecule has 11 heteroatoms. The average Bonchev–Trinajstić information content (AvgIpc) is 3.50. The molecular formula is C31H36N4O7. The molecule has 1 amide bonds. The summed E-state index contributed by atoms with van der Waals surface area (Å²) in [5, 5.41) is 27.1. The molecule has 6 atom stereocenters. The SMILES string of the molecule is CCC12C=CCN3CC[C@@]4(c5ccc(OC)cc5N(C)[C@H]4C(O)(CNC(=O)c4ccc([N+](=O)[O-])cc4)[C@@H]1OC(C)=O)C32. The summed E-state index contributed by atoms with van der Waals surface area (Å²) < 4.78 is 11.7. The van der Waals surface area contributed by atoms with E-state index in [4.69, 9.17) is 9.47 Å². The maximum atomic E-state index is 13.4. The monoisotopic (exact) mass is 576 g/mol. The first-order valence-corrected chi connectivity index (χ1v) is 14.3. The van der Waals surface area contributed by atoms with Crippen LogP contribution in [-0.2, 0) is 14.9 Å². The van der Waals surface area contributed by atoms with Gasteiger partial charge >= 0.3 is 5.97 Å². The van der Waals surface area contributed by atoms with Gasteiger partial charge in [-0.1, -0.05) is 25.1 Å². The summed E-state index contributed by atoms with van der Waals surface area (Å²) in [6, 6.07) is 10.7. The van der Waals surface area contributed by atoms with E-state index < -0.39 is 45.4 Å². The van der Waals surface area contributed by atoms with Crippen LogP contribution in [0, 0.1) is 15.5 Å². The lowest BCUT2D eigenvalue weighted by molar-refractivity contribution is -0.384. The van der Waals surface area contributed by atoms with E-state index in [1.807, 2.05) is 19.2 Å². The lowest BCUT2D eigenvalue weighted by Crippen LogP contribution is -2.81. The van der Waals surface area contributed by atoms with Crippen LogP contribution in [0.25, 0.3) is 0 Å². The van der Waals surface area contributed by atoms with E-state index in [2.05, 4.69) is 40.3 Å². The number of benzene rings is 2. The average molecular weight is 577 g/mol. The van der Waals surface area contributed by atoms with Crippen molar-refractivity contribution in [1.82, 2.24) is 10.2 Å². The van der Waals surface area contributed by atoms with Crippen molar-refractivity contribution in [1.29, 1.82) is 0 Å². The number of nitrogens with one attached hydrogen (secondary N) is 1. The lowest BCUT2D eigenvalue weighted by Gasteiger charge is -2.64. The Morgan fingerprint density at radius 1 is 1.19 bits per heavy atom. The zero-order chi connectivity index (χ0) is 30.0. The highest BCUT2D eigenvalue weighted by molar-refractivity contribution is 5.94. The van der Waals surface area contributed by atoms with Crippen molar-refractivity contribution >= 4 is 23.3 Å². The Morgan fingerprint density at radius 3 is 2.57 bits per heavy atom. The summed E-state index contributed by atoms with van der Waals surface area (Å²) >= 11 is 0. The number of hydrogen-bond acceptors (Lipinski definition) is 9. The maximum Gasteiger partial charge on any atom is 0.303 e. The largest absolute Gasteiger partial charge is 0.497 e. The molecule has 222 valence electrons. The van der Waals surface area contributed by atoms with Gasteiger partial charge in [-0.3, -0.25) is 24.6 Å². The van der Waals surface area contributed by atoms with Gasteiger partial charge in [-0.2, -0.15) is 0 Å². The first-order chi connectivity index (χ1) is 20.0. The predicted molar refractivity (Wildman–Crippen MR) is 155 cm³/mol. The number of rotatable bonds is 7. The van der Waals surface area contributed by atoms with Gasteiger partial charge in [0.1, 0.15) is 17.5 Å². The van der Waals surface area contributed by atoms with Crippen LogP contribution in [0.3, 0.4) is 0 Å². The van der Waals surface area contributed by atoms with Gasteiger partial charge in [0.05, 0.1) is 24.6 Å². The number of methoxy groups -OCH3 is 1. The molecule has 3 heterocycles. The van der Waals surface area contributed by atoms with Gasteiger partial charge in [-0.25, -0.2) is 0 Å². The molecule has 3 unspecified atom stereocenters. The van der Waals surface area contributed by atoms with Crippen LogP contribution in [0.5, 0.6) is 5.75 Å². The Hall–Kier alpha value is -3.96. The van der Waals surface area contributed by atoms with Gasteiger partial charge in [0.25, 0.3) is 11.6 Å². The third kappa shape index (κ3) is 3.72. The number of fused-ring (bicyclic) bond motifs is 1. The Morgan fingerprint density at radius 2 is 1.93 bits per heavy atom. The number of likely N-dealkylation sites (N-methyl/N-ethyl adjacent to an activating group) is 1. The standard InChI is InChI=1S/C31H36N4O7/c1-5-29-13-6-15-34-16-14-30(26(29)34)23-12-11-22(41-4)17-24(23)33(3)27(30)31(38,28(29)42-19(2)36)18-32-25(37)20-7-9-21(10-8-20)35(39)40/h6-13,17,26-28,38H,5,14-16,18H2,1-4H3,(H,32,37)/t26?,27-,28-,29?,30-,31?/m1/s1. The third-order valence-electron chi connectivity index (χ3n) is 10.1. The molecule has 1 saturated heterocycles. The topological polar surface area (TPSA) is 134 Å². The zero-order valence-corrected chi connectivity index (χ0v) is 24.2. The summed E-state index contributed by atoms with van der Waals surface area (Å²) in [7, 11) is 3.56. The highest BCUT2D eigenvalue weighted by atomic mass is 16.6. The summed E-state index contributed by atoms with van der Waals surface area (Å²) in [6.45, 7) is 4.77. The predicted octanol–water partition coefficient (Wildman–Crippen LogP) is 2.81. The highest BCUT2D eigenvalue weighted by Gasteiger charge is 2.77. The molecule has 2 aromatic carbocycles. The number of amides is 1. The molecule has 2 fully saturated rings. The van der Waals surface area contributed by atoms with Gasteiger partial charge in [0.15, 0.2) is 0 Å². The molecule has 0 aromatic heterocycles. The number of ether oxygens (including phenoxy) is 2. The molecule has 1 saturated carbocycles. The van der Waals surface area contributed by atoms with Crippen molar-refractivity contribution in [3.8, 4) is 5.75 Å². The minimum atomic E-state index is -1.71. The second-order valence-electron chi connectivity index (χ2n) is 11.9. The fraction of sp³-hybridized carbons (Fsp3) is 0.484. The van der Waals surface area contributed by atoms with Crippen LogP contribution < -0.4 is 15.0 Å². The second-order valence-corrected chi connectivity index (χ2v) is 11.9. The van der Waals surface area contributed by atoms with Gasteiger partial charge < -0.3 is 24.8 Å². The number of hydrogen-bond donors (Lipinski definition) is 2. The van der Waals surface area contributed by atoms with E-state index in [1.54, 1.807) is 7.11 Å². The number of nitro groups is 1. The van der Waals surface area contributed by atoms with Gasteiger partial charge in [0.2, 0.25) is 0 Å². The van der Waals surface area contributed by atoms with E-state index in [1.165, 1.54) is 31.2 Å². The van der Waals surface area contributed by atoms with Gasteiger partial charge in [-0.05, 0) is 43.1 Å². The van der Waals surface area contributed by atoms with Gasteiger partial charge in [0, 0.05) is 66.8 Å². The minimum Gasteiger partial charge on any atom is -0.497 e. The van der Waals surface area contributed by atoms with E-state index in [9.17, 15) is 24.8 Å². The first-order valence-electron chi connectivity index (χ1n) is 14.3. The molecule has 6 rings (SSSR count). The molecule has 2 N–H and O–H groups in total. The molecule has 3 aliphatic heterocycles. The van der Waals surface area contributed by atoms with Crippen LogP contribution in [-0.4, -0.2) is 84.4 Å². The van der Waals surface area contributed by atoms with Crippen LogP contribution in [0.2, 0.25) is 0 Å². The van der Waals surface area contributed by atoms with Gasteiger partial charge in [-0.15, -0.1) is 0 Å². The zero-order valence-electron chi connectivity index (χ0n) is 24.2. The molecule has 1 spiro atoms. The van der Waals surface area contributed by atoms with Crippen molar-refractivity contribution in [3.05, 3.63) is 75.9 Å². The van der Waals surface area contributed by atoms with Crippen molar-refractivity contribution in [3.63, 3.8) is 0 Å². The Balaban J connectivity index is 1.50. The van der Waals surface area contributed by atoms with Crippen LogP contribution >= 0.6 is 0 Å². The molecule has 1 aliphatic carbocycles. The van der Waals surface area contributed by atoms with E-state index in [0.29, 0.717) is 12.2 Å². The van der Waals surface area contributed by atoms with Crippen molar-refractivity contribution in [2.75, 3.05) is 38.7 Å². The highest BCUT2D eigenvalue weighted by Crippen LogP contribution is 2.67. The third-order valence-corrected chi connectivity index (χ3v) is 10.1. The number of nitrogens with zero attached hydrogens (tertiary/aromatic N) is 3. The number of carbonyl (C=O) groups is 2. The van der Waals surface area contributed by atoms with E-state index in [0.717, 1.165) is 30.8 Å². The summed E-state index contributed by atoms with van der Waals surface area (Å²) in [5.74, 6) is -0.306. The molecule has 11 nitrogen and oxygen atoms in total. The normalized spacial score (nSPS) is 32.5. The summed E-state index contributed by atoms with van der Waals surface area (Å²) in [6.07, 6.45) is 4.63. The minimum absolute atomic E-state index is 0.0582. The van der Waals surface area contributed by atoms with E-state index >= 15 is 0 Å². The number of anilines is 1. The molecule has 42 heavy (non-hydrogen) atoms. The second kappa shape index (κ2) is 9.81. The van der Waals surface area contributed by atoms with E-state index in [-0.39, 0.29) is 23.8 Å². The van der Waals surface area contributed by atoms with Crippen molar-refractivity contribution in [2.24, 2.45) is 5.41 Å². The number of nitro benzene ring substituents is 1. The quantitative estimate of drug-likeness (QED) is 0.221. The summed E-state index contributed by atoms with van der Waals surface area (Å²) in [4.78, 5) is 41.1. The number of non-ortho nitro benzene ring substituents is 1. The molecule has 0 radical (unpaired) electrons. The van der Waals surface area contributed by atoms with Crippen LogP contribution in [0.4, 0.5) is 11.4 Å². The number of aliphatic hydroxyl groups is 1. The van der Waals surface area contributed by atoms with Crippen LogP contribution in [0.1, 0.15) is 42.6 Å². The fourth-order valence-electron chi connectivity index (χ4n) is 8.70. The molecular weight excluding hydrogens is 540 g/mol. The fourth-order valence-corrected chi connectivity index (χ4v) is 8.70. The van der Waals surface area contributed by atoms with Crippen LogP contribution in [0.15, 0.2) is 54.6 Å². The molecule has 4 aliphatic rings. The Kier molecular flexibility index (Phi) is 6.58. The molecule has 0 bridgehead atoms. The lowest BCUT2D eigenvalue weighted by atomic mass is 9.47. The van der Waals surface area contributed by atoms with Crippen molar-refractivity contribution in [2.45, 2.75) is 55.9 Å². The first kappa shape index (κ1) is 28.2. The maximum absolute atomic E-state index is 13.4. The number of esters is 1. The number of carbonyl (C=O) groups excluding carboxylic acids is 2. The van der Waals surface area contributed by atoms with Crippen molar-refractivity contribution < 1.29 is 29.1 Å². The Bertz CT molecular complexity index is 1480. The Labute approximate surface area is 244 Å². The summed E-state index contributed by atoms with van der Waals surface area (Å²) in [5.41, 5.74) is -0.831.